The molecule has 59 heavy (non-hydrogen) atoms. The third kappa shape index (κ3) is 6.44. The highest BCUT2D eigenvalue weighted by atomic mass is 16.3. The van der Waals surface area contributed by atoms with Crippen LogP contribution in [0.3, 0.4) is 0 Å². The molecule has 0 aliphatic carbocycles. The molecule has 0 bridgehead atoms. The first-order valence-corrected chi connectivity index (χ1v) is 20.3. The van der Waals surface area contributed by atoms with Crippen LogP contribution in [0.15, 0.2) is 167 Å². The lowest BCUT2D eigenvalue weighted by atomic mass is 10.0. The molecular formula is C54H43N3O2. The summed E-state index contributed by atoms with van der Waals surface area (Å²) in [6.07, 6.45) is 0. The van der Waals surface area contributed by atoms with Gasteiger partial charge in [0.1, 0.15) is 22.3 Å². The van der Waals surface area contributed by atoms with Gasteiger partial charge in [-0.1, -0.05) is 69.7 Å². The Bertz CT molecular complexity index is 3220. The molecule has 2 heterocycles. The number of anilines is 6. The van der Waals surface area contributed by atoms with Crippen molar-refractivity contribution >= 4 is 88.8 Å². The van der Waals surface area contributed by atoms with E-state index in [1.54, 1.807) is 0 Å². The van der Waals surface area contributed by atoms with Gasteiger partial charge < -0.3 is 18.6 Å². The third-order valence-corrected chi connectivity index (χ3v) is 11.7. The smallest absolute Gasteiger partial charge is 0.137 e. The standard InChI is InChI=1S/C54H43N3O2/c1-33(2)37-10-18-43(19-11-37)56(41-14-6-35(5)7-15-41)45-22-24-47-49-26-39-27-50-48-25-23-46(31-54(48)59-52(50)29-40(39)28-51(49)58-53(47)30-45)57(42-16-8-36(32-55)9-17-42)44-20-12-38(13-21-44)34(3)4/h6-31,33-34H,1-5H3. The molecule has 0 aliphatic heterocycles. The lowest BCUT2D eigenvalue weighted by Gasteiger charge is -2.26. The molecule has 2 aromatic heterocycles. The Kier molecular flexibility index (Phi) is 8.73. The van der Waals surface area contributed by atoms with Gasteiger partial charge in [-0.25, -0.2) is 0 Å². The quantitative estimate of drug-likeness (QED) is 0.154. The van der Waals surface area contributed by atoms with E-state index < -0.39 is 0 Å². The zero-order valence-electron chi connectivity index (χ0n) is 33.8. The van der Waals surface area contributed by atoms with E-state index in [9.17, 15) is 5.26 Å². The van der Waals surface area contributed by atoms with Crippen LogP contribution in [0.4, 0.5) is 34.1 Å². The number of rotatable bonds is 8. The summed E-state index contributed by atoms with van der Waals surface area (Å²) in [5, 5.41) is 15.9. The average Bonchev–Trinajstić information content (AvgIpc) is 3.79. The van der Waals surface area contributed by atoms with Crippen molar-refractivity contribution in [3.63, 3.8) is 0 Å². The fourth-order valence-corrected chi connectivity index (χ4v) is 8.34. The highest BCUT2D eigenvalue weighted by molar-refractivity contribution is 6.15. The van der Waals surface area contributed by atoms with Crippen LogP contribution in [-0.4, -0.2) is 0 Å². The summed E-state index contributed by atoms with van der Waals surface area (Å²) in [6, 6.07) is 57.9. The molecule has 8 aromatic carbocycles. The van der Waals surface area contributed by atoms with Crippen LogP contribution in [0, 0.1) is 18.3 Å². The molecular weight excluding hydrogens is 723 g/mol. The molecule has 5 heteroatoms. The van der Waals surface area contributed by atoms with Crippen molar-refractivity contribution in [2.45, 2.75) is 46.5 Å². The van der Waals surface area contributed by atoms with Crippen LogP contribution in [-0.2, 0) is 0 Å². The molecule has 0 unspecified atom stereocenters. The summed E-state index contributed by atoms with van der Waals surface area (Å²) in [4.78, 5) is 4.51. The summed E-state index contributed by atoms with van der Waals surface area (Å²) in [7, 11) is 0. The molecule has 0 aliphatic rings. The van der Waals surface area contributed by atoms with E-state index in [4.69, 9.17) is 8.83 Å². The van der Waals surface area contributed by atoms with Crippen LogP contribution < -0.4 is 9.80 Å². The van der Waals surface area contributed by atoms with Gasteiger partial charge in [0.05, 0.1) is 11.6 Å². The van der Waals surface area contributed by atoms with Crippen LogP contribution in [0.1, 0.15) is 61.8 Å². The van der Waals surface area contributed by atoms with Crippen LogP contribution in [0.2, 0.25) is 0 Å². The zero-order valence-corrected chi connectivity index (χ0v) is 33.8. The van der Waals surface area contributed by atoms with Gasteiger partial charge in [-0.3, -0.25) is 0 Å². The SMILES string of the molecule is Cc1ccc(N(c2ccc(C(C)C)cc2)c2ccc3c(c2)oc2cc4cc5oc6cc(N(c7ccc(C#N)cc7)c7ccc(C(C)C)cc7)ccc6c5cc4cc23)cc1. The minimum atomic E-state index is 0.434. The Hall–Kier alpha value is -7.29. The van der Waals surface area contributed by atoms with Gasteiger partial charge in [0.25, 0.3) is 0 Å². The number of furan rings is 2. The normalized spacial score (nSPS) is 11.8. The molecule has 0 radical (unpaired) electrons. The summed E-state index contributed by atoms with van der Waals surface area (Å²) < 4.78 is 13.3. The fraction of sp³-hybridized carbons (Fsp3) is 0.130. The molecule has 0 N–H and O–H groups in total. The molecule has 0 saturated heterocycles. The molecule has 0 saturated carbocycles. The van der Waals surface area contributed by atoms with Gasteiger partial charge >= 0.3 is 0 Å². The first-order chi connectivity index (χ1) is 28.7. The van der Waals surface area contributed by atoms with Crippen LogP contribution >= 0.6 is 0 Å². The predicted molar refractivity (Wildman–Crippen MR) is 245 cm³/mol. The Morgan fingerprint density at radius 3 is 1.17 bits per heavy atom. The first-order valence-electron chi connectivity index (χ1n) is 20.3. The van der Waals surface area contributed by atoms with E-state index >= 15 is 0 Å². The van der Waals surface area contributed by atoms with Gasteiger partial charge in [-0.15, -0.1) is 0 Å². The van der Waals surface area contributed by atoms with Crippen molar-refractivity contribution in [2.75, 3.05) is 9.80 Å². The van der Waals surface area contributed by atoms with E-state index in [0.29, 0.717) is 17.4 Å². The number of nitrogens with zero attached hydrogens (tertiary/aromatic N) is 3. The Labute approximate surface area is 343 Å². The zero-order chi connectivity index (χ0) is 40.4. The second kappa shape index (κ2) is 14.3. The fourth-order valence-electron chi connectivity index (χ4n) is 8.34. The van der Waals surface area contributed by atoms with Crippen LogP contribution in [0.25, 0.3) is 54.6 Å². The van der Waals surface area contributed by atoms with Crippen molar-refractivity contribution in [1.29, 1.82) is 5.26 Å². The largest absolute Gasteiger partial charge is 0.456 e. The van der Waals surface area contributed by atoms with Gasteiger partial charge in [0, 0.05) is 67.8 Å². The number of hydrogen-bond donors (Lipinski definition) is 0. The molecule has 0 atom stereocenters. The number of nitriles is 1. The highest BCUT2D eigenvalue weighted by Crippen LogP contribution is 2.43. The van der Waals surface area contributed by atoms with Crippen molar-refractivity contribution in [3.8, 4) is 6.07 Å². The van der Waals surface area contributed by atoms with Crippen molar-refractivity contribution in [3.05, 3.63) is 180 Å². The molecule has 5 nitrogen and oxygen atoms in total. The monoisotopic (exact) mass is 765 g/mol. The number of aryl methyl sites for hydroxylation is 1. The van der Waals surface area contributed by atoms with E-state index in [-0.39, 0.29) is 0 Å². The lowest BCUT2D eigenvalue weighted by Crippen LogP contribution is -2.10. The second-order valence-electron chi connectivity index (χ2n) is 16.3. The summed E-state index contributed by atoms with van der Waals surface area (Å²) in [5.74, 6) is 0.897. The van der Waals surface area contributed by atoms with E-state index in [1.165, 1.54) is 16.7 Å². The number of benzene rings is 8. The average molecular weight is 766 g/mol. The van der Waals surface area contributed by atoms with Gasteiger partial charge in [0.2, 0.25) is 0 Å². The Balaban J connectivity index is 1.05. The van der Waals surface area contributed by atoms with E-state index in [2.05, 4.69) is 184 Å². The number of hydrogen-bond acceptors (Lipinski definition) is 5. The summed E-state index contributed by atoms with van der Waals surface area (Å²) in [5.41, 5.74) is 14.0. The maximum absolute atomic E-state index is 9.47. The van der Waals surface area contributed by atoms with Gasteiger partial charge in [-0.05, 0) is 150 Å². The maximum atomic E-state index is 9.47. The van der Waals surface area contributed by atoms with Crippen molar-refractivity contribution in [2.24, 2.45) is 0 Å². The molecule has 0 spiro atoms. The molecule has 10 aromatic rings. The third-order valence-electron chi connectivity index (χ3n) is 11.7. The number of fused-ring (bicyclic) bond motifs is 7. The summed E-state index contributed by atoms with van der Waals surface area (Å²) in [6.45, 7) is 11.0. The Morgan fingerprint density at radius 1 is 0.407 bits per heavy atom. The topological polar surface area (TPSA) is 56.6 Å². The predicted octanol–water partition coefficient (Wildman–Crippen LogP) is 16.0. The summed E-state index contributed by atoms with van der Waals surface area (Å²) >= 11 is 0. The maximum Gasteiger partial charge on any atom is 0.137 e. The molecule has 10 rings (SSSR count). The van der Waals surface area contributed by atoms with E-state index in [0.717, 1.165) is 88.8 Å². The first kappa shape index (κ1) is 36.1. The molecule has 0 fully saturated rings. The van der Waals surface area contributed by atoms with Crippen molar-refractivity contribution < 1.29 is 8.83 Å². The minimum absolute atomic E-state index is 0.434. The lowest BCUT2D eigenvalue weighted by molar-refractivity contribution is 0.668. The van der Waals surface area contributed by atoms with E-state index in [1.807, 2.05) is 24.3 Å². The second-order valence-corrected chi connectivity index (χ2v) is 16.3. The minimum Gasteiger partial charge on any atom is -0.456 e. The van der Waals surface area contributed by atoms with Gasteiger partial charge in [0.15, 0.2) is 0 Å². The van der Waals surface area contributed by atoms with Crippen molar-refractivity contribution in [1.82, 2.24) is 0 Å². The van der Waals surface area contributed by atoms with Crippen LogP contribution in [0.5, 0.6) is 0 Å². The molecule has 0 amide bonds. The highest BCUT2D eigenvalue weighted by Gasteiger charge is 2.19. The Morgan fingerprint density at radius 2 is 0.763 bits per heavy atom. The molecule has 286 valence electrons. The van der Waals surface area contributed by atoms with Gasteiger partial charge in [-0.2, -0.15) is 5.26 Å².